The number of rotatable bonds is 6. The van der Waals surface area contributed by atoms with Gasteiger partial charge in [0, 0.05) is 30.3 Å². The van der Waals surface area contributed by atoms with Crippen LogP contribution in [0.15, 0.2) is 77.6 Å². The number of H-pyrrole nitrogens is 1. The summed E-state index contributed by atoms with van der Waals surface area (Å²) in [6.07, 6.45) is 10.7. The molecule has 210 valence electrons. The third-order valence-corrected chi connectivity index (χ3v) is 8.79. The number of nitrogens with zero attached hydrogens (tertiary/aromatic N) is 2. The summed E-state index contributed by atoms with van der Waals surface area (Å²) in [5, 5.41) is 10.8. The van der Waals surface area contributed by atoms with Crippen LogP contribution in [0.5, 0.6) is 0 Å². The standard InChI is InChI=1S/C35H37N3O3/c39-33(28-13-11-27(12-14-28)26-9-5-2-6-10-26)23-32-34(40)37-31-22-29(15-16-30(31)36-32)35(41)38-19-17-25(18-20-38)21-24-7-3-1-4-8-24/h1,3-4,7-8,11-16,22-23,25-26,39H,2,5-6,9-10,17-21H2,(H,37,40)/b33-23-. The summed E-state index contributed by atoms with van der Waals surface area (Å²) in [6.45, 7) is 1.46. The van der Waals surface area contributed by atoms with Crippen molar-refractivity contribution in [3.05, 3.63) is 111 Å². The molecule has 0 atom stereocenters. The maximum atomic E-state index is 13.3. The van der Waals surface area contributed by atoms with Crippen LogP contribution in [0.2, 0.25) is 0 Å². The molecule has 1 aliphatic carbocycles. The highest BCUT2D eigenvalue weighted by Crippen LogP contribution is 2.33. The molecule has 3 aromatic carbocycles. The Kier molecular flexibility index (Phi) is 7.99. The SMILES string of the molecule is O=C(c1ccc2nc(/C=C(\O)c3ccc(C4CCCCC4)cc3)c(=O)[nH]c2c1)N1CCC(Cc2ccccc2)CC1. The molecule has 0 spiro atoms. The molecule has 2 fully saturated rings. The minimum Gasteiger partial charge on any atom is -0.507 e. The molecule has 2 aliphatic rings. The maximum Gasteiger partial charge on any atom is 0.274 e. The average Bonchev–Trinajstić information content (AvgIpc) is 3.02. The zero-order valence-corrected chi connectivity index (χ0v) is 23.4. The second-order valence-corrected chi connectivity index (χ2v) is 11.6. The van der Waals surface area contributed by atoms with Crippen LogP contribution in [0.1, 0.15) is 83.6 Å². The topological polar surface area (TPSA) is 86.3 Å². The van der Waals surface area contributed by atoms with Gasteiger partial charge in [-0.1, -0.05) is 73.9 Å². The summed E-state index contributed by atoms with van der Waals surface area (Å²) in [5.74, 6) is 1.15. The van der Waals surface area contributed by atoms with Crippen molar-refractivity contribution < 1.29 is 9.90 Å². The Labute approximate surface area is 240 Å². The normalized spacial score (nSPS) is 17.2. The fourth-order valence-corrected chi connectivity index (χ4v) is 6.38. The lowest BCUT2D eigenvalue weighted by molar-refractivity contribution is 0.0690. The summed E-state index contributed by atoms with van der Waals surface area (Å²) in [5.41, 5.74) is 4.64. The molecule has 1 saturated carbocycles. The molecule has 4 aromatic rings. The molecule has 6 rings (SSSR count). The van der Waals surface area contributed by atoms with Gasteiger partial charge in [-0.2, -0.15) is 0 Å². The molecule has 1 amide bonds. The van der Waals surface area contributed by atoms with Gasteiger partial charge >= 0.3 is 0 Å². The zero-order chi connectivity index (χ0) is 28.2. The van der Waals surface area contributed by atoms with E-state index in [1.54, 1.807) is 18.2 Å². The van der Waals surface area contributed by atoms with Crippen LogP contribution in [0.25, 0.3) is 22.9 Å². The van der Waals surface area contributed by atoms with Gasteiger partial charge in [0.15, 0.2) is 0 Å². The number of fused-ring (bicyclic) bond motifs is 1. The number of hydrogen-bond donors (Lipinski definition) is 2. The third-order valence-electron chi connectivity index (χ3n) is 8.79. The molecule has 2 N–H and O–H groups in total. The number of benzene rings is 3. The molecule has 6 nitrogen and oxygen atoms in total. The van der Waals surface area contributed by atoms with Gasteiger partial charge in [-0.25, -0.2) is 4.98 Å². The van der Waals surface area contributed by atoms with Gasteiger partial charge in [0.25, 0.3) is 11.5 Å². The van der Waals surface area contributed by atoms with Crippen LogP contribution in [0.4, 0.5) is 0 Å². The summed E-state index contributed by atoms with van der Waals surface area (Å²) in [7, 11) is 0. The number of amides is 1. The number of carbonyl (C=O) groups is 1. The van der Waals surface area contributed by atoms with Crippen LogP contribution in [-0.4, -0.2) is 39.0 Å². The molecule has 0 bridgehead atoms. The van der Waals surface area contributed by atoms with Gasteiger partial charge in [-0.05, 0) is 73.3 Å². The Morgan fingerprint density at radius 2 is 1.61 bits per heavy atom. The number of likely N-dealkylation sites (tertiary alicyclic amines) is 1. The van der Waals surface area contributed by atoms with Gasteiger partial charge in [0.1, 0.15) is 11.5 Å². The smallest absolute Gasteiger partial charge is 0.274 e. The van der Waals surface area contributed by atoms with E-state index in [1.165, 1.54) is 49.3 Å². The lowest BCUT2D eigenvalue weighted by Gasteiger charge is -2.32. The van der Waals surface area contributed by atoms with E-state index >= 15 is 0 Å². The van der Waals surface area contributed by atoms with Gasteiger partial charge in [-0.3, -0.25) is 9.59 Å². The van der Waals surface area contributed by atoms with E-state index in [0.29, 0.717) is 34.0 Å². The quantitative estimate of drug-likeness (QED) is 0.252. The highest BCUT2D eigenvalue weighted by atomic mass is 16.3. The fourth-order valence-electron chi connectivity index (χ4n) is 6.38. The molecule has 1 saturated heterocycles. The van der Waals surface area contributed by atoms with Crippen LogP contribution in [-0.2, 0) is 6.42 Å². The average molecular weight is 548 g/mol. The Balaban J connectivity index is 1.13. The summed E-state index contributed by atoms with van der Waals surface area (Å²) in [6, 6.07) is 23.7. The van der Waals surface area contributed by atoms with Crippen molar-refractivity contribution in [1.82, 2.24) is 14.9 Å². The molecular formula is C35H37N3O3. The van der Waals surface area contributed by atoms with Gasteiger partial charge in [-0.15, -0.1) is 0 Å². The molecular weight excluding hydrogens is 510 g/mol. The highest BCUT2D eigenvalue weighted by molar-refractivity contribution is 5.97. The monoisotopic (exact) mass is 547 g/mol. The van der Waals surface area contributed by atoms with E-state index in [4.69, 9.17) is 0 Å². The molecule has 2 heterocycles. The number of aliphatic hydroxyl groups is 1. The van der Waals surface area contributed by atoms with Crippen molar-refractivity contribution in [3.8, 4) is 0 Å². The first kappa shape index (κ1) is 27.0. The summed E-state index contributed by atoms with van der Waals surface area (Å²) in [4.78, 5) is 35.4. The first-order chi connectivity index (χ1) is 20.0. The van der Waals surface area contributed by atoms with Crippen molar-refractivity contribution in [2.45, 2.75) is 57.3 Å². The van der Waals surface area contributed by atoms with Crippen molar-refractivity contribution in [2.75, 3.05) is 13.1 Å². The largest absolute Gasteiger partial charge is 0.507 e. The third kappa shape index (κ3) is 6.27. The van der Waals surface area contributed by atoms with Gasteiger partial charge in [0.2, 0.25) is 0 Å². The molecule has 41 heavy (non-hydrogen) atoms. The van der Waals surface area contributed by atoms with E-state index in [9.17, 15) is 14.7 Å². The molecule has 0 unspecified atom stereocenters. The number of aromatic nitrogens is 2. The minimum absolute atomic E-state index is 0.00000840. The lowest BCUT2D eigenvalue weighted by atomic mass is 9.84. The number of carbonyl (C=O) groups excluding carboxylic acids is 1. The van der Waals surface area contributed by atoms with Crippen molar-refractivity contribution >= 4 is 28.8 Å². The molecule has 1 aliphatic heterocycles. The van der Waals surface area contributed by atoms with E-state index < -0.39 is 5.56 Å². The first-order valence-corrected chi connectivity index (χ1v) is 14.9. The van der Waals surface area contributed by atoms with Crippen LogP contribution >= 0.6 is 0 Å². The molecule has 6 heteroatoms. The number of piperidine rings is 1. The fraction of sp³-hybridized carbons (Fsp3) is 0.343. The number of nitrogens with one attached hydrogen (secondary N) is 1. The van der Waals surface area contributed by atoms with Gasteiger partial charge in [0.05, 0.1) is 11.0 Å². The Morgan fingerprint density at radius 3 is 2.34 bits per heavy atom. The van der Waals surface area contributed by atoms with Crippen LogP contribution in [0.3, 0.4) is 0 Å². The van der Waals surface area contributed by atoms with Crippen molar-refractivity contribution in [2.24, 2.45) is 5.92 Å². The maximum absolute atomic E-state index is 13.3. The van der Waals surface area contributed by atoms with Crippen LogP contribution in [0, 0.1) is 5.92 Å². The minimum atomic E-state index is -0.408. The Bertz CT molecular complexity index is 1590. The van der Waals surface area contributed by atoms with E-state index in [-0.39, 0.29) is 17.4 Å². The Hall–Kier alpha value is -4.19. The second-order valence-electron chi connectivity index (χ2n) is 11.6. The van der Waals surface area contributed by atoms with Gasteiger partial charge < -0.3 is 15.0 Å². The van der Waals surface area contributed by atoms with E-state index in [0.717, 1.165) is 32.4 Å². The number of aliphatic hydroxyl groups excluding tert-OH is 1. The van der Waals surface area contributed by atoms with Crippen LogP contribution < -0.4 is 5.56 Å². The number of hydrogen-bond acceptors (Lipinski definition) is 4. The summed E-state index contributed by atoms with van der Waals surface area (Å²) >= 11 is 0. The first-order valence-electron chi connectivity index (χ1n) is 14.9. The predicted octanol–water partition coefficient (Wildman–Crippen LogP) is 7.12. The van der Waals surface area contributed by atoms with E-state index in [1.807, 2.05) is 23.1 Å². The zero-order valence-electron chi connectivity index (χ0n) is 23.4. The predicted molar refractivity (Wildman–Crippen MR) is 164 cm³/mol. The summed E-state index contributed by atoms with van der Waals surface area (Å²) < 4.78 is 0. The van der Waals surface area contributed by atoms with Crippen molar-refractivity contribution in [1.29, 1.82) is 0 Å². The highest BCUT2D eigenvalue weighted by Gasteiger charge is 2.24. The second kappa shape index (κ2) is 12.1. The molecule has 1 aromatic heterocycles. The Morgan fingerprint density at radius 1 is 0.902 bits per heavy atom. The lowest BCUT2D eigenvalue weighted by Crippen LogP contribution is -2.38. The van der Waals surface area contributed by atoms with Crippen molar-refractivity contribution in [3.63, 3.8) is 0 Å². The number of aromatic amines is 1. The van der Waals surface area contributed by atoms with E-state index in [2.05, 4.69) is 46.4 Å². The molecule has 0 radical (unpaired) electrons.